The van der Waals surface area contributed by atoms with Gasteiger partial charge in [0.15, 0.2) is 0 Å². The van der Waals surface area contributed by atoms with Crippen molar-refractivity contribution in [3.8, 4) is 0 Å². The van der Waals surface area contributed by atoms with Crippen LogP contribution in [0.5, 0.6) is 0 Å². The molecule has 2 aromatic rings. The Morgan fingerprint density at radius 3 is 2.71 bits per heavy atom. The van der Waals surface area contributed by atoms with E-state index in [1.54, 1.807) is 12.1 Å². The monoisotopic (exact) mass is 331 g/mol. The molecule has 6 nitrogen and oxygen atoms in total. The number of anilines is 2. The zero-order chi connectivity index (χ0) is 17.5. The number of urea groups is 1. The number of furan rings is 1. The Labute approximate surface area is 142 Å². The number of nitrogens with zero attached hydrogens (tertiary/aromatic N) is 1. The highest BCUT2D eigenvalue weighted by atomic mass is 16.4. The van der Waals surface area contributed by atoms with Crippen molar-refractivity contribution in [2.24, 2.45) is 0 Å². The van der Waals surface area contributed by atoms with E-state index in [1.807, 2.05) is 38.2 Å². The normalized spacial score (nSPS) is 13.2. The van der Waals surface area contributed by atoms with E-state index >= 15 is 0 Å². The van der Waals surface area contributed by atoms with Crippen molar-refractivity contribution in [2.45, 2.75) is 32.4 Å². The Balaban J connectivity index is 1.91. The van der Waals surface area contributed by atoms with E-state index in [4.69, 9.17) is 4.42 Å². The molecule has 130 valence electrons. The highest BCUT2D eigenvalue weighted by Gasteiger charge is 2.17. The zero-order valence-electron chi connectivity index (χ0n) is 14.3. The van der Waals surface area contributed by atoms with Crippen molar-refractivity contribution in [2.75, 3.05) is 23.8 Å². The molecular weight excluding hydrogens is 306 g/mol. The van der Waals surface area contributed by atoms with E-state index in [2.05, 4.69) is 22.5 Å². The molecule has 6 heteroatoms. The number of aliphatic hydroxyl groups is 1. The summed E-state index contributed by atoms with van der Waals surface area (Å²) in [6.45, 7) is 4.73. The topological polar surface area (TPSA) is 77.7 Å². The van der Waals surface area contributed by atoms with Crippen molar-refractivity contribution in [1.29, 1.82) is 0 Å². The van der Waals surface area contributed by atoms with Crippen molar-refractivity contribution in [3.63, 3.8) is 0 Å². The van der Waals surface area contributed by atoms with Gasteiger partial charge in [-0.25, -0.2) is 4.79 Å². The Morgan fingerprint density at radius 2 is 2.04 bits per heavy atom. The summed E-state index contributed by atoms with van der Waals surface area (Å²) >= 11 is 0. The van der Waals surface area contributed by atoms with Gasteiger partial charge < -0.3 is 25.1 Å². The Kier molecular flexibility index (Phi) is 6.26. The number of para-hydroxylation sites is 2. The summed E-state index contributed by atoms with van der Waals surface area (Å²) in [5, 5.41) is 15.8. The van der Waals surface area contributed by atoms with E-state index in [0.29, 0.717) is 12.2 Å². The third kappa shape index (κ3) is 4.76. The summed E-state index contributed by atoms with van der Waals surface area (Å²) in [5.74, 6) is 0.499. The molecule has 1 heterocycles. The molecule has 0 saturated heterocycles. The predicted octanol–water partition coefficient (Wildman–Crippen LogP) is 3.37. The number of carbonyl (C=O) groups excluding carboxylic acids is 1. The van der Waals surface area contributed by atoms with Gasteiger partial charge in [0, 0.05) is 26.1 Å². The first-order chi connectivity index (χ1) is 11.5. The Morgan fingerprint density at radius 1 is 1.29 bits per heavy atom. The van der Waals surface area contributed by atoms with Gasteiger partial charge in [0.25, 0.3) is 0 Å². The van der Waals surface area contributed by atoms with Crippen LogP contribution in [0.15, 0.2) is 47.1 Å². The summed E-state index contributed by atoms with van der Waals surface area (Å²) in [6.07, 6.45) is 1.15. The first-order valence-electron chi connectivity index (χ1n) is 8.10. The van der Waals surface area contributed by atoms with Crippen molar-refractivity contribution in [1.82, 2.24) is 5.32 Å². The molecule has 0 aliphatic heterocycles. The number of aliphatic hydroxyl groups excluding tert-OH is 1. The standard InChI is InChI=1S/C18H25N3O3/c1-4-21(3)15-9-6-5-8-14(15)20-18(23)19-13(2)12-16(22)17-10-7-11-24-17/h5-11,13,16,22H,4,12H2,1-3H3,(H2,19,20,23)/t13-,16+/m0/s1. The van der Waals surface area contributed by atoms with Crippen LogP contribution in [0.4, 0.5) is 16.2 Å². The van der Waals surface area contributed by atoms with Gasteiger partial charge in [0.05, 0.1) is 17.6 Å². The molecule has 2 amide bonds. The lowest BCUT2D eigenvalue weighted by Gasteiger charge is -2.22. The molecule has 0 bridgehead atoms. The molecule has 0 spiro atoms. The van der Waals surface area contributed by atoms with Crippen molar-refractivity contribution in [3.05, 3.63) is 48.4 Å². The number of hydrogen-bond donors (Lipinski definition) is 3. The first kappa shape index (κ1) is 17.9. The Bertz CT molecular complexity index is 643. The van der Waals surface area contributed by atoms with Gasteiger partial charge in [0.2, 0.25) is 0 Å². The second-order valence-electron chi connectivity index (χ2n) is 5.80. The number of carbonyl (C=O) groups is 1. The number of hydrogen-bond acceptors (Lipinski definition) is 4. The summed E-state index contributed by atoms with van der Waals surface area (Å²) in [7, 11) is 1.97. The first-order valence-corrected chi connectivity index (χ1v) is 8.10. The molecule has 2 atom stereocenters. The smallest absolute Gasteiger partial charge is 0.319 e. The highest BCUT2D eigenvalue weighted by Crippen LogP contribution is 2.24. The van der Waals surface area contributed by atoms with Crippen LogP contribution in [0.1, 0.15) is 32.1 Å². The summed E-state index contributed by atoms with van der Waals surface area (Å²) in [4.78, 5) is 14.3. The fraction of sp³-hybridized carbons (Fsp3) is 0.389. The zero-order valence-corrected chi connectivity index (χ0v) is 14.3. The van der Waals surface area contributed by atoms with Gasteiger partial charge in [0.1, 0.15) is 11.9 Å². The molecule has 3 N–H and O–H groups in total. The third-order valence-electron chi connectivity index (χ3n) is 3.86. The van der Waals surface area contributed by atoms with Crippen LogP contribution in [0.25, 0.3) is 0 Å². The fourth-order valence-electron chi connectivity index (χ4n) is 2.46. The lowest BCUT2D eigenvalue weighted by atomic mass is 10.1. The molecule has 0 saturated carbocycles. The fourth-order valence-corrected chi connectivity index (χ4v) is 2.46. The number of benzene rings is 1. The summed E-state index contributed by atoms with van der Waals surface area (Å²) in [6, 6.07) is 10.6. The van der Waals surface area contributed by atoms with E-state index in [-0.39, 0.29) is 12.1 Å². The SMILES string of the molecule is CCN(C)c1ccccc1NC(=O)N[C@@H](C)C[C@@H](O)c1ccco1. The highest BCUT2D eigenvalue weighted by molar-refractivity contribution is 5.93. The molecule has 1 aromatic carbocycles. The molecule has 0 fully saturated rings. The van der Waals surface area contributed by atoms with Crippen LogP contribution >= 0.6 is 0 Å². The number of amides is 2. The minimum Gasteiger partial charge on any atom is -0.467 e. The second kappa shape index (κ2) is 8.40. The lowest BCUT2D eigenvalue weighted by molar-refractivity contribution is 0.130. The largest absolute Gasteiger partial charge is 0.467 e. The average Bonchev–Trinajstić information content (AvgIpc) is 3.09. The van der Waals surface area contributed by atoms with Gasteiger partial charge >= 0.3 is 6.03 Å². The predicted molar refractivity (Wildman–Crippen MR) is 95.3 cm³/mol. The van der Waals surface area contributed by atoms with Crippen molar-refractivity contribution < 1.29 is 14.3 Å². The van der Waals surface area contributed by atoms with Gasteiger partial charge in [-0.2, -0.15) is 0 Å². The van der Waals surface area contributed by atoms with E-state index in [9.17, 15) is 9.90 Å². The summed E-state index contributed by atoms with van der Waals surface area (Å²) in [5.41, 5.74) is 1.71. The second-order valence-corrected chi connectivity index (χ2v) is 5.80. The van der Waals surface area contributed by atoms with Crippen LogP contribution in [0, 0.1) is 0 Å². The van der Waals surface area contributed by atoms with Gasteiger partial charge in [-0.3, -0.25) is 0 Å². The van der Waals surface area contributed by atoms with Crippen LogP contribution in [-0.4, -0.2) is 30.8 Å². The maximum atomic E-state index is 12.2. The minimum atomic E-state index is -0.742. The third-order valence-corrected chi connectivity index (χ3v) is 3.86. The molecule has 1 aromatic heterocycles. The van der Waals surface area contributed by atoms with E-state index < -0.39 is 6.10 Å². The molecule has 0 aliphatic rings. The molecule has 24 heavy (non-hydrogen) atoms. The van der Waals surface area contributed by atoms with Crippen LogP contribution in [0.3, 0.4) is 0 Å². The van der Waals surface area contributed by atoms with Gasteiger partial charge in [-0.15, -0.1) is 0 Å². The molecule has 0 unspecified atom stereocenters. The van der Waals surface area contributed by atoms with E-state index in [0.717, 1.165) is 17.9 Å². The van der Waals surface area contributed by atoms with Crippen LogP contribution in [-0.2, 0) is 0 Å². The van der Waals surface area contributed by atoms with Gasteiger partial charge in [-0.05, 0) is 38.1 Å². The summed E-state index contributed by atoms with van der Waals surface area (Å²) < 4.78 is 5.17. The van der Waals surface area contributed by atoms with Crippen molar-refractivity contribution >= 4 is 17.4 Å². The number of nitrogens with one attached hydrogen (secondary N) is 2. The minimum absolute atomic E-state index is 0.207. The van der Waals surface area contributed by atoms with E-state index in [1.165, 1.54) is 6.26 Å². The number of rotatable bonds is 7. The molecule has 2 rings (SSSR count). The molecular formula is C18H25N3O3. The van der Waals surface area contributed by atoms with Gasteiger partial charge in [-0.1, -0.05) is 12.1 Å². The quantitative estimate of drug-likeness (QED) is 0.727. The Hall–Kier alpha value is -2.47. The molecule has 0 radical (unpaired) electrons. The average molecular weight is 331 g/mol. The molecule has 0 aliphatic carbocycles. The maximum Gasteiger partial charge on any atom is 0.319 e. The van der Waals surface area contributed by atoms with Crippen LogP contribution < -0.4 is 15.5 Å². The lowest BCUT2D eigenvalue weighted by Crippen LogP contribution is -2.37. The van der Waals surface area contributed by atoms with Crippen LogP contribution in [0.2, 0.25) is 0 Å². The maximum absolute atomic E-state index is 12.2.